The normalized spacial score (nSPS) is 12.0. The van der Waals surface area contributed by atoms with Crippen LogP contribution in [-0.4, -0.2) is 29.7 Å². The molecule has 3 aromatic heterocycles. The fraction of sp³-hybridized carbons (Fsp3) is 0.125. The molecular formula is C24H19BrFN7O. The first kappa shape index (κ1) is 21.9. The minimum Gasteiger partial charge on any atom is -0.482 e. The van der Waals surface area contributed by atoms with Gasteiger partial charge in [0.25, 0.3) is 0 Å². The van der Waals surface area contributed by atoms with Crippen LogP contribution in [-0.2, 0) is 7.05 Å². The quantitative estimate of drug-likeness (QED) is 0.312. The molecule has 3 heterocycles. The van der Waals surface area contributed by atoms with Crippen LogP contribution in [0.1, 0.15) is 18.9 Å². The highest BCUT2D eigenvalue weighted by atomic mass is 79.9. The van der Waals surface area contributed by atoms with E-state index in [2.05, 4.69) is 46.3 Å². The molecule has 0 radical (unpaired) electrons. The summed E-state index contributed by atoms with van der Waals surface area (Å²) in [5.41, 5.74) is 3.16. The van der Waals surface area contributed by atoms with Crippen molar-refractivity contribution in [3.8, 4) is 16.9 Å². The molecule has 34 heavy (non-hydrogen) atoms. The summed E-state index contributed by atoms with van der Waals surface area (Å²) < 4.78 is 22.2. The van der Waals surface area contributed by atoms with Gasteiger partial charge in [-0.05, 0) is 64.8 Å². The molecule has 0 aliphatic carbocycles. The Labute approximate surface area is 203 Å². The molecule has 10 heteroatoms. The van der Waals surface area contributed by atoms with Crippen LogP contribution >= 0.6 is 15.9 Å². The second-order valence-electron chi connectivity index (χ2n) is 7.61. The zero-order chi connectivity index (χ0) is 23.7. The van der Waals surface area contributed by atoms with Crippen LogP contribution in [0.25, 0.3) is 22.0 Å². The highest BCUT2D eigenvalue weighted by Crippen LogP contribution is 2.38. The summed E-state index contributed by atoms with van der Waals surface area (Å²) in [6.45, 7) is 1.88. The first-order chi connectivity index (χ1) is 16.5. The first-order valence-electron chi connectivity index (χ1n) is 10.4. The third-order valence-corrected chi connectivity index (χ3v) is 5.78. The number of hydrogen-bond acceptors (Lipinski definition) is 7. The minimum absolute atomic E-state index is 0.347. The lowest BCUT2D eigenvalue weighted by atomic mass is 10.1. The Morgan fingerprint density at radius 1 is 1.06 bits per heavy atom. The van der Waals surface area contributed by atoms with Gasteiger partial charge in [0.1, 0.15) is 23.7 Å². The van der Waals surface area contributed by atoms with Gasteiger partial charge in [-0.15, -0.1) is 0 Å². The van der Waals surface area contributed by atoms with Crippen LogP contribution in [0.5, 0.6) is 5.75 Å². The maximum atomic E-state index is 13.7. The molecule has 0 amide bonds. The summed E-state index contributed by atoms with van der Waals surface area (Å²) in [6, 6.07) is 10.3. The highest BCUT2D eigenvalue weighted by Gasteiger charge is 2.18. The average Bonchev–Trinajstić information content (AvgIpc) is 3.28. The van der Waals surface area contributed by atoms with Crippen LogP contribution in [0.4, 0.5) is 15.9 Å². The van der Waals surface area contributed by atoms with Crippen molar-refractivity contribution < 1.29 is 9.13 Å². The Bertz CT molecular complexity index is 1480. The fourth-order valence-electron chi connectivity index (χ4n) is 3.55. The van der Waals surface area contributed by atoms with Gasteiger partial charge in [0.15, 0.2) is 11.9 Å². The standard InChI is InChI=1S/C24H19BrFN7O/c1-14(23-27-6-3-7-28-23)34-21-9-15(16-11-31-33(2)12-16)8-20-22(21)24(30-13-29-20)32-17-4-5-19(26)18(25)10-17/h3-14H,1-2H3,(H,29,30,32)/t14-/m0/s1. The van der Waals surface area contributed by atoms with E-state index in [0.29, 0.717) is 38.5 Å². The molecule has 8 nitrogen and oxygen atoms in total. The average molecular weight is 520 g/mol. The van der Waals surface area contributed by atoms with E-state index in [1.54, 1.807) is 41.5 Å². The number of ether oxygens (including phenoxy) is 1. The van der Waals surface area contributed by atoms with Gasteiger partial charge in [0, 0.05) is 36.9 Å². The summed E-state index contributed by atoms with van der Waals surface area (Å²) in [4.78, 5) is 17.6. The minimum atomic E-state index is -0.429. The van der Waals surface area contributed by atoms with Crippen molar-refractivity contribution in [2.24, 2.45) is 7.05 Å². The van der Waals surface area contributed by atoms with Gasteiger partial charge >= 0.3 is 0 Å². The Balaban J connectivity index is 1.63. The SMILES string of the molecule is C[C@H](Oc1cc(-c2cnn(C)c2)cc2ncnc(Nc3ccc(F)c(Br)c3)c12)c1ncccn1. The van der Waals surface area contributed by atoms with E-state index >= 15 is 0 Å². The second-order valence-corrected chi connectivity index (χ2v) is 8.47. The van der Waals surface area contributed by atoms with Crippen molar-refractivity contribution in [2.75, 3.05) is 5.32 Å². The fourth-order valence-corrected chi connectivity index (χ4v) is 3.93. The maximum absolute atomic E-state index is 13.7. The topological polar surface area (TPSA) is 90.6 Å². The first-order valence-corrected chi connectivity index (χ1v) is 11.2. The van der Waals surface area contributed by atoms with Gasteiger partial charge in [0.2, 0.25) is 0 Å². The Morgan fingerprint density at radius 3 is 2.62 bits per heavy atom. The molecule has 170 valence electrons. The van der Waals surface area contributed by atoms with Crippen LogP contribution in [0.3, 0.4) is 0 Å². The molecule has 0 saturated heterocycles. The Hall–Kier alpha value is -3.92. The monoisotopic (exact) mass is 519 g/mol. The van der Waals surface area contributed by atoms with E-state index < -0.39 is 6.10 Å². The van der Waals surface area contributed by atoms with Crippen molar-refractivity contribution in [3.05, 3.63) is 83.6 Å². The smallest absolute Gasteiger partial charge is 0.168 e. The lowest BCUT2D eigenvalue weighted by molar-refractivity contribution is 0.219. The summed E-state index contributed by atoms with van der Waals surface area (Å²) >= 11 is 3.23. The third kappa shape index (κ3) is 4.44. The maximum Gasteiger partial charge on any atom is 0.168 e. The lowest BCUT2D eigenvalue weighted by Crippen LogP contribution is -2.08. The number of anilines is 2. The molecule has 1 atom stereocenters. The van der Waals surface area contributed by atoms with E-state index in [-0.39, 0.29) is 5.82 Å². The number of rotatable bonds is 6. The molecule has 5 rings (SSSR count). The molecule has 0 spiro atoms. The second kappa shape index (κ2) is 9.14. The van der Waals surface area contributed by atoms with Gasteiger partial charge in [-0.1, -0.05) is 0 Å². The summed E-state index contributed by atoms with van der Waals surface area (Å²) in [6.07, 6.45) is 8.10. The predicted octanol–water partition coefficient (Wildman–Crippen LogP) is 5.61. The highest BCUT2D eigenvalue weighted by molar-refractivity contribution is 9.10. The van der Waals surface area contributed by atoms with Crippen LogP contribution in [0, 0.1) is 5.82 Å². The van der Waals surface area contributed by atoms with Crippen LogP contribution < -0.4 is 10.1 Å². The van der Waals surface area contributed by atoms with E-state index in [4.69, 9.17) is 4.74 Å². The van der Waals surface area contributed by atoms with E-state index in [9.17, 15) is 4.39 Å². The number of nitrogens with zero attached hydrogens (tertiary/aromatic N) is 6. The zero-order valence-corrected chi connectivity index (χ0v) is 19.9. The number of benzene rings is 2. The number of aromatic nitrogens is 6. The third-order valence-electron chi connectivity index (χ3n) is 5.18. The van der Waals surface area contributed by atoms with Gasteiger partial charge in [-0.25, -0.2) is 24.3 Å². The molecule has 0 fully saturated rings. The number of hydrogen-bond donors (Lipinski definition) is 1. The molecule has 0 aliphatic rings. The van der Waals surface area contributed by atoms with Gasteiger partial charge in [0.05, 0.1) is 21.6 Å². The largest absolute Gasteiger partial charge is 0.482 e. The van der Waals surface area contributed by atoms with Crippen molar-refractivity contribution in [3.63, 3.8) is 0 Å². The van der Waals surface area contributed by atoms with Crippen LogP contribution in [0.2, 0.25) is 0 Å². The van der Waals surface area contributed by atoms with Crippen molar-refractivity contribution >= 4 is 38.3 Å². The molecule has 0 saturated carbocycles. The number of nitrogens with one attached hydrogen (secondary N) is 1. The molecule has 5 aromatic rings. The van der Waals surface area contributed by atoms with Crippen molar-refractivity contribution in [1.82, 2.24) is 29.7 Å². The van der Waals surface area contributed by atoms with E-state index in [1.165, 1.54) is 12.4 Å². The van der Waals surface area contributed by atoms with Crippen molar-refractivity contribution in [2.45, 2.75) is 13.0 Å². The number of aryl methyl sites for hydroxylation is 1. The molecular weight excluding hydrogens is 501 g/mol. The van der Waals surface area contributed by atoms with E-state index in [0.717, 1.165) is 11.1 Å². The van der Waals surface area contributed by atoms with Gasteiger partial charge < -0.3 is 10.1 Å². The molecule has 0 bridgehead atoms. The van der Waals surface area contributed by atoms with Crippen LogP contribution in [0.15, 0.2) is 72.0 Å². The molecule has 0 aliphatic heterocycles. The lowest BCUT2D eigenvalue weighted by Gasteiger charge is -2.18. The molecule has 1 N–H and O–H groups in total. The zero-order valence-electron chi connectivity index (χ0n) is 18.3. The molecule has 2 aromatic carbocycles. The summed E-state index contributed by atoms with van der Waals surface area (Å²) in [5.74, 6) is 1.29. The van der Waals surface area contributed by atoms with E-state index in [1.807, 2.05) is 32.3 Å². The van der Waals surface area contributed by atoms with Crippen molar-refractivity contribution in [1.29, 1.82) is 0 Å². The summed E-state index contributed by atoms with van der Waals surface area (Å²) in [7, 11) is 1.86. The predicted molar refractivity (Wildman–Crippen MR) is 130 cm³/mol. The Kier molecular flexibility index (Phi) is 5.89. The van der Waals surface area contributed by atoms with Gasteiger partial charge in [-0.3, -0.25) is 4.68 Å². The van der Waals surface area contributed by atoms with Gasteiger partial charge in [-0.2, -0.15) is 5.10 Å². The number of fused-ring (bicyclic) bond motifs is 1. The Morgan fingerprint density at radius 2 is 1.88 bits per heavy atom. The summed E-state index contributed by atoms with van der Waals surface area (Å²) in [5, 5.41) is 8.21. The molecule has 0 unspecified atom stereocenters. The number of halogens is 2.